The monoisotopic (exact) mass is 238 g/mol. The van der Waals surface area contributed by atoms with Crippen LogP contribution in [0.3, 0.4) is 0 Å². The van der Waals surface area contributed by atoms with Crippen LogP contribution >= 0.6 is 0 Å². The van der Waals surface area contributed by atoms with Crippen molar-refractivity contribution in [3.63, 3.8) is 0 Å². The Hall–Kier alpha value is -0.0800. The van der Waals surface area contributed by atoms with Gasteiger partial charge in [-0.05, 0) is 51.1 Å². The van der Waals surface area contributed by atoms with Gasteiger partial charge >= 0.3 is 0 Å². The van der Waals surface area contributed by atoms with E-state index in [1.807, 2.05) is 0 Å². The molecule has 0 aromatic carbocycles. The lowest BCUT2D eigenvalue weighted by Gasteiger charge is -2.34. The van der Waals surface area contributed by atoms with E-state index in [-0.39, 0.29) is 0 Å². The van der Waals surface area contributed by atoms with Crippen molar-refractivity contribution in [1.82, 2.24) is 4.90 Å². The lowest BCUT2D eigenvalue weighted by molar-refractivity contribution is 0.152. The van der Waals surface area contributed by atoms with E-state index in [1.54, 1.807) is 0 Å². The van der Waals surface area contributed by atoms with Gasteiger partial charge in [-0.2, -0.15) is 0 Å². The molecule has 0 heterocycles. The summed E-state index contributed by atoms with van der Waals surface area (Å²) < 4.78 is 0. The van der Waals surface area contributed by atoms with E-state index in [2.05, 4.69) is 11.8 Å². The minimum absolute atomic E-state index is 0.500. The Morgan fingerprint density at radius 1 is 1.00 bits per heavy atom. The van der Waals surface area contributed by atoms with Gasteiger partial charge < -0.3 is 10.6 Å². The van der Waals surface area contributed by atoms with Crippen LogP contribution < -0.4 is 5.73 Å². The van der Waals surface area contributed by atoms with E-state index >= 15 is 0 Å². The molecule has 17 heavy (non-hydrogen) atoms. The zero-order chi connectivity index (χ0) is 12.1. The maximum Gasteiger partial charge on any atom is 0.00951 e. The molecule has 0 aromatic heterocycles. The Labute approximate surface area is 107 Å². The summed E-state index contributed by atoms with van der Waals surface area (Å²) >= 11 is 0. The average Bonchev–Trinajstić information content (AvgIpc) is 2.77. The molecule has 2 N–H and O–H groups in total. The molecule has 0 amide bonds. The van der Waals surface area contributed by atoms with Gasteiger partial charge in [-0.1, -0.05) is 32.6 Å². The zero-order valence-corrected chi connectivity index (χ0v) is 11.5. The van der Waals surface area contributed by atoms with E-state index in [9.17, 15) is 0 Å². The molecule has 0 radical (unpaired) electrons. The van der Waals surface area contributed by atoms with Crippen LogP contribution in [0.5, 0.6) is 0 Å². The van der Waals surface area contributed by atoms with Crippen molar-refractivity contribution in [2.75, 3.05) is 13.1 Å². The van der Waals surface area contributed by atoms with Gasteiger partial charge in [0.1, 0.15) is 0 Å². The Morgan fingerprint density at radius 3 is 2.35 bits per heavy atom. The Morgan fingerprint density at radius 2 is 1.76 bits per heavy atom. The summed E-state index contributed by atoms with van der Waals surface area (Å²) in [5.41, 5.74) is 6.17. The molecule has 2 heteroatoms. The fourth-order valence-electron chi connectivity index (χ4n) is 3.80. The van der Waals surface area contributed by atoms with E-state index in [0.29, 0.717) is 6.04 Å². The molecule has 0 bridgehead atoms. The SMILES string of the molecule is CCN(CCC1CCCC1N)C1CCCCC1. The van der Waals surface area contributed by atoms with Gasteiger partial charge in [0.15, 0.2) is 0 Å². The zero-order valence-electron chi connectivity index (χ0n) is 11.5. The molecule has 2 unspecified atom stereocenters. The first-order valence-electron chi connectivity index (χ1n) is 7.81. The standard InChI is InChI=1S/C15H30N2/c1-2-17(14-8-4-3-5-9-14)12-11-13-7-6-10-15(13)16/h13-15H,2-12,16H2,1H3. The summed E-state index contributed by atoms with van der Waals surface area (Å²) in [5.74, 6) is 0.813. The molecular weight excluding hydrogens is 208 g/mol. The van der Waals surface area contributed by atoms with Crippen LogP contribution in [0.15, 0.2) is 0 Å². The molecule has 2 fully saturated rings. The molecule has 100 valence electrons. The number of hydrogen-bond donors (Lipinski definition) is 1. The molecule has 0 aliphatic heterocycles. The molecule has 0 spiro atoms. The Balaban J connectivity index is 1.74. The van der Waals surface area contributed by atoms with Crippen molar-refractivity contribution in [3.8, 4) is 0 Å². The first-order valence-corrected chi connectivity index (χ1v) is 7.81. The summed E-state index contributed by atoms with van der Waals surface area (Å²) in [7, 11) is 0. The van der Waals surface area contributed by atoms with Crippen molar-refractivity contribution in [3.05, 3.63) is 0 Å². The van der Waals surface area contributed by atoms with Gasteiger partial charge in [-0.15, -0.1) is 0 Å². The normalized spacial score (nSPS) is 31.2. The predicted molar refractivity (Wildman–Crippen MR) is 74.1 cm³/mol. The summed E-state index contributed by atoms with van der Waals surface area (Å²) in [6.45, 7) is 4.84. The highest BCUT2D eigenvalue weighted by Gasteiger charge is 2.26. The topological polar surface area (TPSA) is 29.3 Å². The van der Waals surface area contributed by atoms with E-state index in [0.717, 1.165) is 12.0 Å². The third-order valence-corrected chi connectivity index (χ3v) is 5.00. The summed E-state index contributed by atoms with van der Waals surface area (Å²) in [4.78, 5) is 2.73. The largest absolute Gasteiger partial charge is 0.327 e. The summed E-state index contributed by atoms with van der Waals surface area (Å²) in [6.07, 6.45) is 12.6. The van der Waals surface area contributed by atoms with Gasteiger partial charge in [0.05, 0.1) is 0 Å². The molecule has 2 nitrogen and oxygen atoms in total. The van der Waals surface area contributed by atoms with Gasteiger partial charge in [0, 0.05) is 12.1 Å². The second-order valence-corrected chi connectivity index (χ2v) is 6.06. The summed E-state index contributed by atoms with van der Waals surface area (Å²) in [5, 5.41) is 0. The summed E-state index contributed by atoms with van der Waals surface area (Å²) in [6, 6.07) is 1.38. The molecule has 2 saturated carbocycles. The lowest BCUT2D eigenvalue weighted by atomic mass is 9.93. The fraction of sp³-hybridized carbons (Fsp3) is 1.00. The quantitative estimate of drug-likeness (QED) is 0.797. The highest BCUT2D eigenvalue weighted by molar-refractivity contribution is 4.82. The van der Waals surface area contributed by atoms with E-state index in [1.165, 1.54) is 70.9 Å². The van der Waals surface area contributed by atoms with E-state index in [4.69, 9.17) is 5.73 Å². The molecule has 2 rings (SSSR count). The van der Waals surface area contributed by atoms with Gasteiger partial charge in [0.25, 0.3) is 0 Å². The van der Waals surface area contributed by atoms with Crippen molar-refractivity contribution < 1.29 is 0 Å². The third kappa shape index (κ3) is 3.69. The maximum atomic E-state index is 6.17. The van der Waals surface area contributed by atoms with Gasteiger partial charge in [-0.25, -0.2) is 0 Å². The Bertz CT molecular complexity index is 211. The number of rotatable bonds is 5. The van der Waals surface area contributed by atoms with Crippen LogP contribution in [0.1, 0.15) is 64.7 Å². The average molecular weight is 238 g/mol. The van der Waals surface area contributed by atoms with Crippen LogP contribution in [-0.2, 0) is 0 Å². The van der Waals surface area contributed by atoms with Crippen molar-refractivity contribution in [2.45, 2.75) is 76.8 Å². The molecule has 0 saturated heterocycles. The second-order valence-electron chi connectivity index (χ2n) is 6.06. The van der Waals surface area contributed by atoms with Crippen LogP contribution in [0.4, 0.5) is 0 Å². The third-order valence-electron chi connectivity index (χ3n) is 5.00. The van der Waals surface area contributed by atoms with Crippen LogP contribution in [-0.4, -0.2) is 30.1 Å². The highest BCUT2D eigenvalue weighted by atomic mass is 15.1. The fourth-order valence-corrected chi connectivity index (χ4v) is 3.80. The minimum atomic E-state index is 0.500. The lowest BCUT2D eigenvalue weighted by Crippen LogP contribution is -2.39. The maximum absolute atomic E-state index is 6.17. The molecular formula is C15H30N2. The molecule has 2 aliphatic rings. The van der Waals surface area contributed by atoms with Crippen molar-refractivity contribution in [2.24, 2.45) is 11.7 Å². The van der Waals surface area contributed by atoms with Crippen molar-refractivity contribution in [1.29, 1.82) is 0 Å². The molecule has 2 atom stereocenters. The van der Waals surface area contributed by atoms with Gasteiger partial charge in [0.2, 0.25) is 0 Å². The smallest absolute Gasteiger partial charge is 0.00951 e. The number of nitrogens with two attached hydrogens (primary N) is 1. The highest BCUT2D eigenvalue weighted by Crippen LogP contribution is 2.28. The van der Waals surface area contributed by atoms with Gasteiger partial charge in [-0.3, -0.25) is 0 Å². The van der Waals surface area contributed by atoms with Crippen LogP contribution in [0.2, 0.25) is 0 Å². The Kier molecular flexibility index (Phi) is 5.30. The first-order chi connectivity index (χ1) is 8.31. The van der Waals surface area contributed by atoms with E-state index < -0.39 is 0 Å². The number of hydrogen-bond acceptors (Lipinski definition) is 2. The second kappa shape index (κ2) is 6.75. The first kappa shape index (κ1) is 13.4. The van der Waals surface area contributed by atoms with Crippen LogP contribution in [0, 0.1) is 5.92 Å². The predicted octanol–water partition coefficient (Wildman–Crippen LogP) is 3.16. The molecule has 2 aliphatic carbocycles. The number of nitrogens with zero attached hydrogens (tertiary/aromatic N) is 1. The van der Waals surface area contributed by atoms with Crippen LogP contribution in [0.25, 0.3) is 0 Å². The molecule has 0 aromatic rings. The minimum Gasteiger partial charge on any atom is -0.327 e. The van der Waals surface area contributed by atoms with Crippen molar-refractivity contribution >= 4 is 0 Å².